The van der Waals surface area contributed by atoms with E-state index in [0.29, 0.717) is 9.23 Å². The molecular weight excluding hydrogens is 250 g/mol. The van der Waals surface area contributed by atoms with Crippen molar-refractivity contribution >= 4 is 40.3 Å². The van der Waals surface area contributed by atoms with Crippen molar-refractivity contribution in [3.05, 3.63) is 52.4 Å². The molecule has 1 saturated heterocycles. The third-order valence-corrected chi connectivity index (χ3v) is 3.36. The smallest absolute Gasteiger partial charge is 0.263 e. The van der Waals surface area contributed by atoms with Gasteiger partial charge in [0.05, 0.1) is 4.91 Å². The van der Waals surface area contributed by atoms with Crippen molar-refractivity contribution in [2.24, 2.45) is 0 Å². The molecular formula is C13H11NOS2. The molecule has 0 aliphatic carbocycles. The Morgan fingerprint density at radius 3 is 2.65 bits per heavy atom. The Kier molecular flexibility index (Phi) is 3.76. The number of thioether (sulfide) groups is 1. The number of hydrogen-bond donors (Lipinski definition) is 1. The highest BCUT2D eigenvalue weighted by Crippen LogP contribution is 2.25. The van der Waals surface area contributed by atoms with E-state index >= 15 is 0 Å². The van der Waals surface area contributed by atoms with Gasteiger partial charge in [-0.15, -0.1) is 0 Å². The van der Waals surface area contributed by atoms with Crippen LogP contribution < -0.4 is 5.32 Å². The number of carbonyl (C=O) groups excluding carboxylic acids is 1. The van der Waals surface area contributed by atoms with Crippen molar-refractivity contribution in [2.75, 3.05) is 0 Å². The van der Waals surface area contributed by atoms with Crippen LogP contribution in [0.15, 0.2) is 46.9 Å². The normalized spacial score (nSPS) is 18.6. The first-order valence-corrected chi connectivity index (χ1v) is 6.36. The van der Waals surface area contributed by atoms with Gasteiger partial charge in [0.2, 0.25) is 0 Å². The van der Waals surface area contributed by atoms with Crippen LogP contribution in [0.1, 0.15) is 12.5 Å². The van der Waals surface area contributed by atoms with E-state index in [9.17, 15) is 4.79 Å². The molecule has 86 valence electrons. The first kappa shape index (κ1) is 12.1. The summed E-state index contributed by atoms with van der Waals surface area (Å²) < 4.78 is 0.522. The molecule has 2 rings (SSSR count). The summed E-state index contributed by atoms with van der Waals surface area (Å²) in [6.45, 7) is 1.97. The molecule has 2 nitrogen and oxygen atoms in total. The van der Waals surface area contributed by atoms with Gasteiger partial charge in [0.15, 0.2) is 0 Å². The fraction of sp³-hybridized carbons (Fsp3) is 0.0769. The SMILES string of the molecule is CC(/C=C1\SC(=S)NC1=O)=C\c1ccccc1. The Morgan fingerprint density at radius 1 is 1.35 bits per heavy atom. The predicted octanol–water partition coefficient (Wildman–Crippen LogP) is 3.12. The average molecular weight is 261 g/mol. The molecule has 0 aromatic heterocycles. The number of hydrogen-bond acceptors (Lipinski definition) is 3. The highest BCUT2D eigenvalue weighted by molar-refractivity contribution is 8.26. The molecule has 1 aliphatic heterocycles. The zero-order valence-corrected chi connectivity index (χ0v) is 10.9. The molecule has 17 heavy (non-hydrogen) atoms. The summed E-state index contributed by atoms with van der Waals surface area (Å²) >= 11 is 6.23. The van der Waals surface area contributed by atoms with Crippen molar-refractivity contribution in [1.29, 1.82) is 0 Å². The minimum absolute atomic E-state index is 0.110. The number of carbonyl (C=O) groups is 1. The summed E-state index contributed by atoms with van der Waals surface area (Å²) in [5.41, 5.74) is 2.14. The maximum Gasteiger partial charge on any atom is 0.263 e. The molecule has 1 aliphatic rings. The van der Waals surface area contributed by atoms with Crippen LogP contribution in [0, 0.1) is 0 Å². The maximum atomic E-state index is 11.5. The van der Waals surface area contributed by atoms with Gasteiger partial charge < -0.3 is 5.32 Å². The van der Waals surface area contributed by atoms with E-state index < -0.39 is 0 Å². The molecule has 0 atom stereocenters. The van der Waals surface area contributed by atoms with Gasteiger partial charge in [-0.2, -0.15) is 0 Å². The van der Waals surface area contributed by atoms with Crippen LogP contribution >= 0.6 is 24.0 Å². The fourth-order valence-corrected chi connectivity index (χ4v) is 2.58. The van der Waals surface area contributed by atoms with Crippen LogP contribution in [0.25, 0.3) is 6.08 Å². The van der Waals surface area contributed by atoms with Gasteiger partial charge in [-0.1, -0.05) is 60.4 Å². The number of nitrogens with one attached hydrogen (secondary N) is 1. The zero-order chi connectivity index (χ0) is 12.3. The van der Waals surface area contributed by atoms with E-state index in [0.717, 1.165) is 11.1 Å². The summed E-state index contributed by atoms with van der Waals surface area (Å²) in [7, 11) is 0. The first-order valence-electron chi connectivity index (χ1n) is 5.13. The zero-order valence-electron chi connectivity index (χ0n) is 9.27. The lowest BCUT2D eigenvalue weighted by molar-refractivity contribution is -0.115. The van der Waals surface area contributed by atoms with Crippen LogP contribution in [0.4, 0.5) is 0 Å². The molecule has 1 aromatic carbocycles. The second kappa shape index (κ2) is 5.29. The van der Waals surface area contributed by atoms with E-state index in [1.807, 2.05) is 49.4 Å². The molecule has 0 saturated carbocycles. The monoisotopic (exact) mass is 261 g/mol. The summed E-state index contributed by atoms with van der Waals surface area (Å²) in [5, 5.41) is 2.60. The van der Waals surface area contributed by atoms with E-state index in [1.165, 1.54) is 11.8 Å². The van der Waals surface area contributed by atoms with E-state index in [2.05, 4.69) is 5.32 Å². The van der Waals surface area contributed by atoms with E-state index in [1.54, 1.807) is 0 Å². The van der Waals surface area contributed by atoms with E-state index in [-0.39, 0.29) is 5.91 Å². The third-order valence-electron chi connectivity index (χ3n) is 2.19. The fourth-order valence-electron chi connectivity index (χ4n) is 1.48. The third kappa shape index (κ3) is 3.28. The molecule has 0 bridgehead atoms. The van der Waals surface area contributed by atoms with Crippen LogP contribution in [-0.4, -0.2) is 10.2 Å². The first-order chi connectivity index (χ1) is 8.15. The second-order valence-corrected chi connectivity index (χ2v) is 5.37. The standard InChI is InChI=1S/C13H11NOS2/c1-9(7-10-5-3-2-4-6-10)8-11-12(15)14-13(16)17-11/h2-8H,1H3,(H,14,15,16)/b9-7+,11-8-. The molecule has 1 aromatic rings. The largest absolute Gasteiger partial charge is 0.307 e. The molecule has 1 N–H and O–H groups in total. The Balaban J connectivity index is 2.19. The Hall–Kier alpha value is -1.39. The quantitative estimate of drug-likeness (QED) is 0.655. The number of benzene rings is 1. The van der Waals surface area contributed by atoms with Crippen molar-refractivity contribution in [3.8, 4) is 0 Å². The molecule has 1 heterocycles. The van der Waals surface area contributed by atoms with Crippen LogP contribution in [-0.2, 0) is 4.79 Å². The topological polar surface area (TPSA) is 29.1 Å². The summed E-state index contributed by atoms with van der Waals surface area (Å²) in [5.74, 6) is -0.110. The average Bonchev–Trinajstić information content (AvgIpc) is 2.58. The summed E-state index contributed by atoms with van der Waals surface area (Å²) in [6.07, 6.45) is 3.88. The number of amides is 1. The summed E-state index contributed by atoms with van der Waals surface area (Å²) in [4.78, 5) is 12.1. The van der Waals surface area contributed by atoms with Gasteiger partial charge in [-0.3, -0.25) is 4.79 Å². The molecule has 1 amide bonds. The minimum atomic E-state index is -0.110. The number of rotatable bonds is 2. The summed E-state index contributed by atoms with van der Waals surface area (Å²) in [6, 6.07) is 9.99. The molecule has 1 fully saturated rings. The number of thiocarbonyl (C=S) groups is 1. The Bertz CT molecular complexity index is 517. The van der Waals surface area contributed by atoms with Crippen molar-refractivity contribution in [1.82, 2.24) is 5.32 Å². The van der Waals surface area contributed by atoms with Gasteiger partial charge in [0.25, 0.3) is 5.91 Å². The van der Waals surface area contributed by atoms with Gasteiger partial charge in [0.1, 0.15) is 4.32 Å². The lowest BCUT2D eigenvalue weighted by atomic mass is 10.1. The van der Waals surface area contributed by atoms with E-state index in [4.69, 9.17) is 12.2 Å². The Morgan fingerprint density at radius 2 is 2.06 bits per heavy atom. The van der Waals surface area contributed by atoms with Gasteiger partial charge in [-0.25, -0.2) is 0 Å². The second-order valence-electron chi connectivity index (χ2n) is 3.65. The van der Waals surface area contributed by atoms with Crippen molar-refractivity contribution < 1.29 is 4.79 Å². The highest BCUT2D eigenvalue weighted by atomic mass is 32.2. The van der Waals surface area contributed by atoms with Gasteiger partial charge in [0, 0.05) is 0 Å². The molecule has 0 spiro atoms. The van der Waals surface area contributed by atoms with Crippen LogP contribution in [0.2, 0.25) is 0 Å². The van der Waals surface area contributed by atoms with Crippen LogP contribution in [0.5, 0.6) is 0 Å². The predicted molar refractivity (Wildman–Crippen MR) is 76.5 cm³/mol. The van der Waals surface area contributed by atoms with Gasteiger partial charge >= 0.3 is 0 Å². The maximum absolute atomic E-state index is 11.5. The molecule has 0 unspecified atom stereocenters. The lowest BCUT2D eigenvalue weighted by Crippen LogP contribution is -2.17. The highest BCUT2D eigenvalue weighted by Gasteiger charge is 2.21. The molecule has 0 radical (unpaired) electrons. The number of allylic oxidation sites excluding steroid dienone is 2. The van der Waals surface area contributed by atoms with Gasteiger partial charge in [-0.05, 0) is 24.1 Å². The van der Waals surface area contributed by atoms with Crippen molar-refractivity contribution in [2.45, 2.75) is 6.92 Å². The Labute approximate surface area is 110 Å². The van der Waals surface area contributed by atoms with Crippen molar-refractivity contribution in [3.63, 3.8) is 0 Å². The molecule has 4 heteroatoms. The van der Waals surface area contributed by atoms with Crippen LogP contribution in [0.3, 0.4) is 0 Å². The minimum Gasteiger partial charge on any atom is -0.307 e. The lowest BCUT2D eigenvalue weighted by Gasteiger charge is -1.96.